The van der Waals surface area contributed by atoms with Crippen molar-refractivity contribution in [3.8, 4) is 10.6 Å². The van der Waals surface area contributed by atoms with Gasteiger partial charge in [-0.25, -0.2) is 4.98 Å². The molecule has 138 valence electrons. The number of anilines is 1. The van der Waals surface area contributed by atoms with Gasteiger partial charge in [0.25, 0.3) is 0 Å². The third kappa shape index (κ3) is 3.24. The van der Waals surface area contributed by atoms with E-state index in [4.69, 9.17) is 5.41 Å². The van der Waals surface area contributed by atoms with E-state index in [0.717, 1.165) is 22.7 Å². The minimum absolute atomic E-state index is 0.0133. The second-order valence-electron chi connectivity index (χ2n) is 5.82. The van der Waals surface area contributed by atoms with Crippen LogP contribution in [0.15, 0.2) is 52.9 Å². The van der Waals surface area contributed by atoms with Crippen molar-refractivity contribution >= 4 is 39.8 Å². The molecule has 0 bridgehead atoms. The lowest BCUT2D eigenvalue weighted by Crippen LogP contribution is -2.26. The van der Waals surface area contributed by atoms with Crippen molar-refractivity contribution in [2.75, 3.05) is 11.4 Å². The number of amidine groups is 1. The van der Waals surface area contributed by atoms with E-state index in [2.05, 4.69) is 4.98 Å². The Morgan fingerprint density at radius 1 is 1.11 bits per heavy atom. The SMILES string of the molecule is N=C1C(c2nc(-c3cccs3)cs2)=C(O)CN1c1ccc(C(F)(F)F)cc1. The fraction of sp³-hybridized carbons (Fsp3) is 0.111. The Morgan fingerprint density at radius 2 is 1.85 bits per heavy atom. The number of thiazole rings is 1. The van der Waals surface area contributed by atoms with Crippen molar-refractivity contribution in [1.29, 1.82) is 5.41 Å². The lowest BCUT2D eigenvalue weighted by atomic mass is 10.2. The number of halogens is 3. The van der Waals surface area contributed by atoms with E-state index in [1.165, 1.54) is 28.4 Å². The van der Waals surface area contributed by atoms with Gasteiger partial charge in [-0.3, -0.25) is 5.41 Å². The lowest BCUT2D eigenvalue weighted by Gasteiger charge is -2.19. The predicted octanol–water partition coefficient (Wildman–Crippen LogP) is 5.66. The number of alkyl halides is 3. The third-order valence-electron chi connectivity index (χ3n) is 4.10. The van der Waals surface area contributed by atoms with Crippen LogP contribution in [0, 0.1) is 5.41 Å². The molecule has 3 heterocycles. The summed E-state index contributed by atoms with van der Waals surface area (Å²) in [5.74, 6) is -0.00804. The monoisotopic (exact) mass is 407 g/mol. The van der Waals surface area contributed by atoms with Crippen LogP contribution in [0.5, 0.6) is 0 Å². The van der Waals surface area contributed by atoms with Crippen LogP contribution in [-0.4, -0.2) is 22.5 Å². The molecular formula is C18H12F3N3OS2. The van der Waals surface area contributed by atoms with Crippen LogP contribution < -0.4 is 4.90 Å². The Labute approximate surface area is 160 Å². The van der Waals surface area contributed by atoms with Gasteiger partial charge in [0.15, 0.2) is 0 Å². The van der Waals surface area contributed by atoms with E-state index in [-0.39, 0.29) is 18.1 Å². The predicted molar refractivity (Wildman–Crippen MR) is 101 cm³/mol. The minimum Gasteiger partial charge on any atom is -0.510 e. The molecule has 0 saturated heterocycles. The summed E-state index contributed by atoms with van der Waals surface area (Å²) < 4.78 is 38.2. The van der Waals surface area contributed by atoms with Crippen molar-refractivity contribution in [1.82, 2.24) is 4.98 Å². The lowest BCUT2D eigenvalue weighted by molar-refractivity contribution is -0.137. The number of hydrogen-bond donors (Lipinski definition) is 2. The summed E-state index contributed by atoms with van der Waals surface area (Å²) in [7, 11) is 0. The van der Waals surface area contributed by atoms with Gasteiger partial charge in [0.1, 0.15) is 16.6 Å². The molecule has 1 aliphatic heterocycles. The van der Waals surface area contributed by atoms with Gasteiger partial charge < -0.3 is 10.0 Å². The van der Waals surface area contributed by atoms with Gasteiger partial charge in [-0.2, -0.15) is 13.2 Å². The maximum Gasteiger partial charge on any atom is 0.416 e. The number of nitrogens with zero attached hydrogens (tertiary/aromatic N) is 2. The van der Waals surface area contributed by atoms with Gasteiger partial charge in [0.05, 0.1) is 28.3 Å². The molecule has 0 saturated carbocycles. The standard InChI is InChI=1S/C18H12F3N3OS2/c19-18(20,21)10-3-5-11(6-4-10)24-8-13(25)15(16(24)22)17-23-12(9-27-17)14-2-1-7-26-14/h1-7,9,22,25H,8H2. The average Bonchev–Trinajstić information content (AvgIpc) is 3.34. The van der Waals surface area contributed by atoms with E-state index < -0.39 is 11.7 Å². The number of rotatable bonds is 3. The Balaban J connectivity index is 1.60. The first-order valence-corrected chi connectivity index (χ1v) is 9.56. The molecule has 1 aliphatic rings. The van der Waals surface area contributed by atoms with Crippen LogP contribution in [0.25, 0.3) is 16.1 Å². The molecule has 0 spiro atoms. The molecule has 0 atom stereocenters. The number of benzene rings is 1. The quantitative estimate of drug-likeness (QED) is 0.589. The summed E-state index contributed by atoms with van der Waals surface area (Å²) in [5, 5.41) is 23.0. The molecule has 0 radical (unpaired) electrons. The molecular weight excluding hydrogens is 395 g/mol. The van der Waals surface area contributed by atoms with Gasteiger partial charge >= 0.3 is 6.18 Å². The first-order valence-electron chi connectivity index (χ1n) is 7.80. The van der Waals surface area contributed by atoms with Gasteiger partial charge in [0, 0.05) is 11.1 Å². The molecule has 27 heavy (non-hydrogen) atoms. The maximum atomic E-state index is 12.7. The smallest absolute Gasteiger partial charge is 0.416 e. The first-order chi connectivity index (χ1) is 12.8. The van der Waals surface area contributed by atoms with Crippen LogP contribution in [0.2, 0.25) is 0 Å². The zero-order valence-electron chi connectivity index (χ0n) is 13.6. The Kier molecular flexibility index (Phi) is 4.27. The number of nitrogens with one attached hydrogen (secondary N) is 1. The largest absolute Gasteiger partial charge is 0.510 e. The normalized spacial score (nSPS) is 15.1. The van der Waals surface area contributed by atoms with Crippen molar-refractivity contribution in [2.24, 2.45) is 0 Å². The molecule has 4 nitrogen and oxygen atoms in total. The highest BCUT2D eigenvalue weighted by molar-refractivity contribution is 7.14. The van der Waals surface area contributed by atoms with Crippen LogP contribution in [0.4, 0.5) is 18.9 Å². The molecule has 0 fully saturated rings. The van der Waals surface area contributed by atoms with Crippen LogP contribution in [-0.2, 0) is 6.18 Å². The van der Waals surface area contributed by atoms with Crippen molar-refractivity contribution in [3.05, 3.63) is 63.5 Å². The molecule has 3 aromatic rings. The maximum absolute atomic E-state index is 12.7. The molecule has 4 rings (SSSR count). The Morgan fingerprint density at radius 3 is 2.48 bits per heavy atom. The van der Waals surface area contributed by atoms with Crippen molar-refractivity contribution < 1.29 is 18.3 Å². The zero-order chi connectivity index (χ0) is 19.2. The summed E-state index contributed by atoms with van der Waals surface area (Å²) in [4.78, 5) is 6.95. The highest BCUT2D eigenvalue weighted by atomic mass is 32.1. The van der Waals surface area contributed by atoms with Gasteiger partial charge in [-0.1, -0.05) is 6.07 Å². The number of aromatic nitrogens is 1. The number of aliphatic hydroxyl groups is 1. The topological polar surface area (TPSA) is 60.2 Å². The zero-order valence-corrected chi connectivity index (χ0v) is 15.3. The highest BCUT2D eigenvalue weighted by Crippen LogP contribution is 2.36. The van der Waals surface area contributed by atoms with Crippen LogP contribution >= 0.6 is 22.7 Å². The van der Waals surface area contributed by atoms with Gasteiger partial charge in [-0.15, -0.1) is 22.7 Å². The van der Waals surface area contributed by atoms with Gasteiger partial charge in [-0.05, 0) is 35.7 Å². The Hall–Kier alpha value is -2.65. The summed E-state index contributed by atoms with van der Waals surface area (Å²) in [6.07, 6.45) is -4.42. The van der Waals surface area contributed by atoms with Crippen molar-refractivity contribution in [3.63, 3.8) is 0 Å². The van der Waals surface area contributed by atoms with Crippen LogP contribution in [0.3, 0.4) is 0 Å². The molecule has 0 amide bonds. The molecule has 0 aliphatic carbocycles. The van der Waals surface area contributed by atoms with Crippen molar-refractivity contribution in [2.45, 2.75) is 6.18 Å². The van der Waals surface area contributed by atoms with E-state index >= 15 is 0 Å². The molecule has 2 aromatic heterocycles. The molecule has 1 aromatic carbocycles. The Bertz CT molecular complexity index is 1020. The van der Waals surface area contributed by atoms with E-state index in [0.29, 0.717) is 16.3 Å². The summed E-state index contributed by atoms with van der Waals surface area (Å²) in [5.41, 5.74) is 0.730. The minimum atomic E-state index is -4.42. The number of aliphatic hydroxyl groups excluding tert-OH is 1. The van der Waals surface area contributed by atoms with E-state index in [1.807, 2.05) is 22.9 Å². The fourth-order valence-electron chi connectivity index (χ4n) is 2.78. The second-order valence-corrected chi connectivity index (χ2v) is 7.62. The number of hydrogen-bond acceptors (Lipinski definition) is 5. The van der Waals surface area contributed by atoms with E-state index in [9.17, 15) is 18.3 Å². The average molecular weight is 407 g/mol. The summed E-state index contributed by atoms with van der Waals surface area (Å²) in [6, 6.07) is 8.39. The molecule has 0 unspecified atom stereocenters. The van der Waals surface area contributed by atoms with Crippen LogP contribution in [0.1, 0.15) is 10.6 Å². The van der Waals surface area contributed by atoms with E-state index in [1.54, 1.807) is 11.3 Å². The fourth-order valence-corrected chi connectivity index (χ4v) is 4.43. The summed E-state index contributed by atoms with van der Waals surface area (Å²) >= 11 is 2.86. The first kappa shape index (κ1) is 17.7. The third-order valence-corrected chi connectivity index (χ3v) is 5.85. The molecule has 9 heteroatoms. The summed E-state index contributed by atoms with van der Waals surface area (Å²) in [6.45, 7) is 0.0213. The van der Waals surface area contributed by atoms with Gasteiger partial charge in [0.2, 0.25) is 0 Å². The highest BCUT2D eigenvalue weighted by Gasteiger charge is 2.33. The number of thiophene rings is 1. The second kappa shape index (κ2) is 6.50. The molecule has 2 N–H and O–H groups in total.